The number of methoxy groups -OCH3 is 1. The number of hydrogen-bond donors (Lipinski definition) is 0. The van der Waals surface area contributed by atoms with Gasteiger partial charge in [0.2, 0.25) is 0 Å². The number of rotatable bonds is 2. The fourth-order valence-corrected chi connectivity index (χ4v) is 2.07. The summed E-state index contributed by atoms with van der Waals surface area (Å²) in [6.45, 7) is 4.47. The second-order valence-electron chi connectivity index (χ2n) is 4.44. The minimum absolute atomic E-state index is 0.983. The first kappa shape index (κ1) is 11.3. The standard InChI is InChI=1S/C12H19BN2O/c1-14-5-7-15(8-6-14)10-3-4-11(13)12(9-10)16-2/h3-4,9H,5-8,13H2,1-2H3. The van der Waals surface area contributed by atoms with Crippen molar-refractivity contribution >= 4 is 19.0 Å². The third-order valence-corrected chi connectivity index (χ3v) is 3.26. The Labute approximate surface area is 98.4 Å². The van der Waals surface area contributed by atoms with Gasteiger partial charge in [-0.1, -0.05) is 6.07 Å². The van der Waals surface area contributed by atoms with Gasteiger partial charge in [0, 0.05) is 37.9 Å². The monoisotopic (exact) mass is 218 g/mol. The largest absolute Gasteiger partial charge is 0.497 e. The summed E-state index contributed by atoms with van der Waals surface area (Å²) in [6.07, 6.45) is 0. The van der Waals surface area contributed by atoms with Gasteiger partial charge in [-0.15, -0.1) is 0 Å². The lowest BCUT2D eigenvalue weighted by Gasteiger charge is -2.34. The second kappa shape index (κ2) is 4.79. The zero-order valence-corrected chi connectivity index (χ0v) is 10.4. The smallest absolute Gasteiger partial charge is 0.144 e. The van der Waals surface area contributed by atoms with Crippen LogP contribution in [0.4, 0.5) is 5.69 Å². The van der Waals surface area contributed by atoms with E-state index in [1.807, 2.05) is 0 Å². The fourth-order valence-electron chi connectivity index (χ4n) is 2.07. The molecule has 0 atom stereocenters. The molecule has 0 N–H and O–H groups in total. The van der Waals surface area contributed by atoms with Crippen LogP contribution in [0, 0.1) is 0 Å². The van der Waals surface area contributed by atoms with Crippen LogP contribution in [0.5, 0.6) is 5.75 Å². The van der Waals surface area contributed by atoms with Gasteiger partial charge >= 0.3 is 0 Å². The van der Waals surface area contributed by atoms with Crippen molar-refractivity contribution in [3.05, 3.63) is 18.2 Å². The third kappa shape index (κ3) is 2.32. The summed E-state index contributed by atoms with van der Waals surface area (Å²) in [5.41, 5.74) is 2.47. The molecule has 1 aromatic carbocycles. The summed E-state index contributed by atoms with van der Waals surface area (Å²) in [4.78, 5) is 4.78. The normalized spacial score (nSPS) is 17.5. The molecule has 0 amide bonds. The fraction of sp³-hybridized carbons (Fsp3) is 0.500. The molecule has 1 heterocycles. The molecule has 1 aliphatic heterocycles. The summed E-state index contributed by atoms with van der Waals surface area (Å²) in [6, 6.07) is 6.45. The molecule has 86 valence electrons. The molecule has 1 aliphatic rings. The summed E-state index contributed by atoms with van der Waals surface area (Å²) in [5.74, 6) is 0.983. The number of nitrogens with zero attached hydrogens (tertiary/aromatic N) is 2. The van der Waals surface area contributed by atoms with Gasteiger partial charge in [0.1, 0.15) is 13.6 Å². The molecule has 0 aliphatic carbocycles. The Kier molecular flexibility index (Phi) is 3.39. The molecular formula is C12H19BN2O. The lowest BCUT2D eigenvalue weighted by molar-refractivity contribution is 0.312. The Balaban J connectivity index is 2.14. The first-order valence-electron chi connectivity index (χ1n) is 5.79. The predicted molar refractivity (Wildman–Crippen MR) is 70.9 cm³/mol. The van der Waals surface area contributed by atoms with E-state index in [1.165, 1.54) is 11.2 Å². The number of ether oxygens (including phenoxy) is 1. The van der Waals surface area contributed by atoms with Crippen molar-refractivity contribution in [3.8, 4) is 5.75 Å². The van der Waals surface area contributed by atoms with Crippen molar-refractivity contribution in [2.45, 2.75) is 0 Å². The van der Waals surface area contributed by atoms with E-state index in [-0.39, 0.29) is 0 Å². The van der Waals surface area contributed by atoms with Crippen LogP contribution in [0.25, 0.3) is 0 Å². The molecule has 2 rings (SSSR count). The van der Waals surface area contributed by atoms with Crippen LogP contribution < -0.4 is 15.1 Å². The molecule has 4 heteroatoms. The van der Waals surface area contributed by atoms with Crippen LogP contribution in [0.3, 0.4) is 0 Å². The van der Waals surface area contributed by atoms with Gasteiger partial charge in [-0.05, 0) is 18.6 Å². The Hall–Kier alpha value is -1.16. The minimum Gasteiger partial charge on any atom is -0.497 e. The second-order valence-corrected chi connectivity index (χ2v) is 4.44. The molecule has 1 fully saturated rings. The zero-order chi connectivity index (χ0) is 11.5. The Morgan fingerprint density at radius 3 is 2.50 bits per heavy atom. The van der Waals surface area contributed by atoms with E-state index in [1.54, 1.807) is 7.11 Å². The summed E-state index contributed by atoms with van der Waals surface area (Å²) < 4.78 is 5.36. The number of anilines is 1. The Morgan fingerprint density at radius 2 is 1.88 bits per heavy atom. The van der Waals surface area contributed by atoms with Crippen LogP contribution in [0.15, 0.2) is 18.2 Å². The first-order valence-corrected chi connectivity index (χ1v) is 5.79. The van der Waals surface area contributed by atoms with Crippen molar-refractivity contribution in [3.63, 3.8) is 0 Å². The highest BCUT2D eigenvalue weighted by Crippen LogP contribution is 2.20. The maximum Gasteiger partial charge on any atom is 0.144 e. The minimum atomic E-state index is 0.983. The molecule has 0 unspecified atom stereocenters. The first-order chi connectivity index (χ1) is 7.70. The molecular weight excluding hydrogens is 199 g/mol. The van der Waals surface area contributed by atoms with E-state index in [4.69, 9.17) is 4.74 Å². The van der Waals surface area contributed by atoms with Gasteiger partial charge in [-0.2, -0.15) is 0 Å². The van der Waals surface area contributed by atoms with Gasteiger partial charge in [-0.25, -0.2) is 0 Å². The molecule has 0 saturated carbocycles. The molecule has 1 saturated heterocycles. The number of hydrogen-bond acceptors (Lipinski definition) is 3. The molecule has 0 spiro atoms. The van der Waals surface area contributed by atoms with E-state index >= 15 is 0 Å². The van der Waals surface area contributed by atoms with E-state index in [0.29, 0.717) is 0 Å². The highest BCUT2D eigenvalue weighted by atomic mass is 16.5. The SMILES string of the molecule is Bc1ccc(N2CCN(C)CC2)cc1OC. The number of benzene rings is 1. The third-order valence-electron chi connectivity index (χ3n) is 3.26. The molecule has 1 aromatic rings. The predicted octanol–water partition coefficient (Wildman–Crippen LogP) is -0.295. The Morgan fingerprint density at radius 1 is 1.19 bits per heavy atom. The van der Waals surface area contributed by atoms with Crippen molar-refractivity contribution in [2.75, 3.05) is 45.2 Å². The number of likely N-dealkylation sites (N-methyl/N-ethyl adjacent to an activating group) is 1. The summed E-state index contributed by atoms with van der Waals surface area (Å²) in [5, 5.41) is 0. The van der Waals surface area contributed by atoms with Crippen molar-refractivity contribution in [1.82, 2.24) is 4.90 Å². The van der Waals surface area contributed by atoms with Crippen LogP contribution in [-0.2, 0) is 0 Å². The topological polar surface area (TPSA) is 15.7 Å². The van der Waals surface area contributed by atoms with Crippen LogP contribution in [0.2, 0.25) is 0 Å². The van der Waals surface area contributed by atoms with E-state index in [2.05, 4.69) is 42.9 Å². The van der Waals surface area contributed by atoms with Gasteiger partial charge in [0.05, 0.1) is 7.11 Å². The average Bonchev–Trinajstić information content (AvgIpc) is 2.31. The van der Waals surface area contributed by atoms with Gasteiger partial charge in [0.25, 0.3) is 0 Å². The highest BCUT2D eigenvalue weighted by molar-refractivity contribution is 6.34. The number of piperazine rings is 1. The summed E-state index contributed by atoms with van der Waals surface area (Å²) in [7, 11) is 5.98. The lowest BCUT2D eigenvalue weighted by Crippen LogP contribution is -2.44. The van der Waals surface area contributed by atoms with Gasteiger partial charge < -0.3 is 14.5 Å². The lowest BCUT2D eigenvalue weighted by atomic mass is 9.94. The van der Waals surface area contributed by atoms with Crippen LogP contribution in [0.1, 0.15) is 0 Å². The quantitative estimate of drug-likeness (QED) is 0.634. The maximum atomic E-state index is 5.36. The summed E-state index contributed by atoms with van der Waals surface area (Å²) >= 11 is 0. The highest BCUT2D eigenvalue weighted by Gasteiger charge is 2.14. The maximum absolute atomic E-state index is 5.36. The Bertz CT molecular complexity index is 362. The van der Waals surface area contributed by atoms with E-state index in [9.17, 15) is 0 Å². The van der Waals surface area contributed by atoms with Crippen molar-refractivity contribution in [1.29, 1.82) is 0 Å². The molecule has 3 nitrogen and oxygen atoms in total. The van der Waals surface area contributed by atoms with Gasteiger partial charge in [0.15, 0.2) is 0 Å². The van der Waals surface area contributed by atoms with Gasteiger partial charge in [-0.3, -0.25) is 0 Å². The molecule has 0 bridgehead atoms. The van der Waals surface area contributed by atoms with E-state index in [0.717, 1.165) is 31.9 Å². The van der Waals surface area contributed by atoms with Crippen LogP contribution in [-0.4, -0.2) is 53.1 Å². The molecule has 16 heavy (non-hydrogen) atoms. The van der Waals surface area contributed by atoms with Crippen molar-refractivity contribution < 1.29 is 4.74 Å². The zero-order valence-electron chi connectivity index (χ0n) is 10.4. The van der Waals surface area contributed by atoms with E-state index < -0.39 is 0 Å². The average molecular weight is 218 g/mol. The molecule has 0 aromatic heterocycles. The van der Waals surface area contributed by atoms with Crippen LogP contribution >= 0.6 is 0 Å². The molecule has 0 radical (unpaired) electrons. The van der Waals surface area contributed by atoms with Crippen molar-refractivity contribution in [2.24, 2.45) is 0 Å².